The van der Waals surface area contributed by atoms with Crippen LogP contribution in [0.15, 0.2) is 23.1 Å². The van der Waals surface area contributed by atoms with Crippen LogP contribution in [0, 0.1) is 11.2 Å². The van der Waals surface area contributed by atoms with Gasteiger partial charge in [-0.15, -0.1) is 0 Å². The molecular formula is C14H19FN2O3S. The van der Waals surface area contributed by atoms with Crippen molar-refractivity contribution in [2.24, 2.45) is 10.6 Å². The first kappa shape index (κ1) is 15.9. The summed E-state index contributed by atoms with van der Waals surface area (Å²) in [4.78, 5) is 13.6. The van der Waals surface area contributed by atoms with Crippen molar-refractivity contribution in [1.29, 1.82) is 0 Å². The molecule has 1 amide bonds. The second-order valence-corrected chi connectivity index (χ2v) is 7.74. The topological polar surface area (TPSA) is 80.5 Å². The van der Waals surface area contributed by atoms with Gasteiger partial charge in [-0.2, -0.15) is 0 Å². The number of hydrogen-bond donors (Lipinski definition) is 1. The number of carbonyl (C=O) groups excluding carboxylic acids is 1. The number of rotatable bonds is 2. The Morgan fingerprint density at radius 2 is 1.81 bits per heavy atom. The minimum absolute atomic E-state index is 0.0127. The molecule has 0 bridgehead atoms. The lowest BCUT2D eigenvalue weighted by atomic mass is 9.82. The fourth-order valence-electron chi connectivity index (χ4n) is 2.35. The first-order chi connectivity index (χ1) is 9.58. The highest BCUT2D eigenvalue weighted by atomic mass is 32.2. The molecular weight excluding hydrogens is 295 g/mol. The van der Waals surface area contributed by atoms with E-state index in [0.717, 1.165) is 31.0 Å². The molecule has 2 rings (SSSR count). The summed E-state index contributed by atoms with van der Waals surface area (Å²) in [6.07, 6.45) is 1.71. The highest BCUT2D eigenvalue weighted by Gasteiger charge is 2.29. The monoisotopic (exact) mass is 314 g/mol. The summed E-state index contributed by atoms with van der Waals surface area (Å²) < 4.78 is 36.1. The van der Waals surface area contributed by atoms with Crippen molar-refractivity contribution in [2.75, 3.05) is 13.1 Å². The van der Waals surface area contributed by atoms with Crippen LogP contribution in [-0.2, 0) is 10.0 Å². The van der Waals surface area contributed by atoms with Gasteiger partial charge in [-0.25, -0.2) is 17.9 Å². The van der Waals surface area contributed by atoms with Gasteiger partial charge in [0, 0.05) is 18.7 Å². The van der Waals surface area contributed by atoms with Gasteiger partial charge in [0.15, 0.2) is 0 Å². The van der Waals surface area contributed by atoms with Crippen LogP contribution in [0.1, 0.15) is 37.0 Å². The van der Waals surface area contributed by atoms with Crippen molar-refractivity contribution in [3.63, 3.8) is 0 Å². The predicted molar refractivity (Wildman–Crippen MR) is 76.7 cm³/mol. The molecule has 0 unspecified atom stereocenters. The van der Waals surface area contributed by atoms with E-state index in [2.05, 4.69) is 13.8 Å². The number of nitrogens with two attached hydrogens (primary N) is 1. The van der Waals surface area contributed by atoms with Gasteiger partial charge in [-0.3, -0.25) is 4.79 Å². The lowest BCUT2D eigenvalue weighted by Crippen LogP contribution is -2.41. The highest BCUT2D eigenvalue weighted by molar-refractivity contribution is 7.89. The number of sulfonamides is 1. The molecule has 1 aliphatic rings. The minimum Gasteiger partial charge on any atom is -0.339 e. The Morgan fingerprint density at radius 3 is 2.33 bits per heavy atom. The summed E-state index contributed by atoms with van der Waals surface area (Å²) in [7, 11) is -4.04. The normalized spacial score (nSPS) is 18.6. The molecule has 1 aromatic carbocycles. The van der Waals surface area contributed by atoms with Crippen LogP contribution in [0.25, 0.3) is 0 Å². The van der Waals surface area contributed by atoms with Gasteiger partial charge >= 0.3 is 0 Å². The highest BCUT2D eigenvalue weighted by Crippen LogP contribution is 2.30. The van der Waals surface area contributed by atoms with E-state index < -0.39 is 15.8 Å². The van der Waals surface area contributed by atoms with Crippen LogP contribution in [-0.4, -0.2) is 32.3 Å². The first-order valence-corrected chi connectivity index (χ1v) is 8.26. The molecule has 0 atom stereocenters. The van der Waals surface area contributed by atoms with Crippen molar-refractivity contribution in [1.82, 2.24) is 4.90 Å². The average Bonchev–Trinajstić information content (AvgIpc) is 2.36. The molecule has 0 spiro atoms. The third-order valence-electron chi connectivity index (χ3n) is 3.85. The lowest BCUT2D eigenvalue weighted by Gasteiger charge is -2.37. The number of carbonyl (C=O) groups is 1. The molecule has 1 saturated heterocycles. The fourth-order valence-corrected chi connectivity index (χ4v) is 2.92. The predicted octanol–water partition coefficient (Wildman–Crippen LogP) is 1.74. The van der Waals surface area contributed by atoms with E-state index in [9.17, 15) is 17.6 Å². The number of nitrogens with zero attached hydrogens (tertiary/aromatic N) is 1. The maximum atomic E-state index is 13.5. The summed E-state index contributed by atoms with van der Waals surface area (Å²) in [5.41, 5.74) is 0.198. The Labute approximate surface area is 124 Å². The molecule has 1 aliphatic heterocycles. The van der Waals surface area contributed by atoms with Crippen molar-refractivity contribution < 1.29 is 17.6 Å². The number of piperidine rings is 1. The van der Waals surface area contributed by atoms with E-state index >= 15 is 0 Å². The molecule has 0 aliphatic carbocycles. The third kappa shape index (κ3) is 3.79. The number of hydrogen-bond acceptors (Lipinski definition) is 3. The van der Waals surface area contributed by atoms with Crippen LogP contribution < -0.4 is 5.14 Å². The zero-order chi connectivity index (χ0) is 15.8. The van der Waals surface area contributed by atoms with Crippen LogP contribution in [0.5, 0.6) is 0 Å². The number of benzene rings is 1. The third-order valence-corrected chi connectivity index (χ3v) is 4.74. The standard InChI is InChI=1S/C14H19FN2O3S/c1-14(2)3-5-17(6-4-14)13(18)10-7-11(15)9-12(8-10)21(16,19)20/h7-9H,3-6H2,1-2H3,(H2,16,19,20). The number of primary sulfonamides is 1. The van der Waals surface area contributed by atoms with E-state index in [1.165, 1.54) is 0 Å². The summed E-state index contributed by atoms with van der Waals surface area (Å²) in [6, 6.07) is 2.97. The smallest absolute Gasteiger partial charge is 0.254 e. The van der Waals surface area contributed by atoms with E-state index in [1.807, 2.05) is 0 Å². The molecule has 21 heavy (non-hydrogen) atoms. The molecule has 7 heteroatoms. The number of halogens is 1. The Morgan fingerprint density at radius 1 is 1.24 bits per heavy atom. The Kier molecular flexibility index (Phi) is 4.08. The van der Waals surface area contributed by atoms with E-state index in [0.29, 0.717) is 13.1 Å². The van der Waals surface area contributed by atoms with Crippen molar-refractivity contribution in [2.45, 2.75) is 31.6 Å². The Hall–Kier alpha value is -1.47. The second kappa shape index (κ2) is 5.38. The van der Waals surface area contributed by atoms with Gasteiger partial charge in [-0.1, -0.05) is 13.8 Å². The number of likely N-dealkylation sites (tertiary alicyclic amines) is 1. The SMILES string of the molecule is CC1(C)CCN(C(=O)c2cc(F)cc(S(N)(=O)=O)c2)CC1. The van der Waals surface area contributed by atoms with Gasteiger partial charge in [0.1, 0.15) is 5.82 Å². The average molecular weight is 314 g/mol. The minimum atomic E-state index is -4.04. The number of amides is 1. The van der Waals surface area contributed by atoms with Crippen LogP contribution >= 0.6 is 0 Å². The van der Waals surface area contributed by atoms with Gasteiger partial charge < -0.3 is 4.90 Å². The molecule has 1 fully saturated rings. The zero-order valence-electron chi connectivity index (χ0n) is 12.1. The van der Waals surface area contributed by atoms with Gasteiger partial charge in [-0.05, 0) is 36.5 Å². The van der Waals surface area contributed by atoms with Crippen LogP contribution in [0.2, 0.25) is 0 Å². The maximum absolute atomic E-state index is 13.5. The maximum Gasteiger partial charge on any atom is 0.254 e. The largest absolute Gasteiger partial charge is 0.339 e. The van der Waals surface area contributed by atoms with Crippen molar-refractivity contribution >= 4 is 15.9 Å². The molecule has 1 aromatic rings. The van der Waals surface area contributed by atoms with E-state index in [-0.39, 0.29) is 21.8 Å². The second-order valence-electron chi connectivity index (χ2n) is 6.18. The lowest BCUT2D eigenvalue weighted by molar-refractivity contribution is 0.0629. The summed E-state index contributed by atoms with van der Waals surface area (Å²) in [5.74, 6) is -1.16. The van der Waals surface area contributed by atoms with E-state index in [4.69, 9.17) is 5.14 Å². The Bertz CT molecular complexity index is 661. The fraction of sp³-hybridized carbons (Fsp3) is 0.500. The molecule has 0 radical (unpaired) electrons. The van der Waals surface area contributed by atoms with Crippen molar-refractivity contribution in [3.05, 3.63) is 29.6 Å². The molecule has 116 valence electrons. The summed E-state index contributed by atoms with van der Waals surface area (Å²) in [5, 5.41) is 4.99. The van der Waals surface area contributed by atoms with E-state index in [1.54, 1.807) is 4.90 Å². The quantitative estimate of drug-likeness (QED) is 0.903. The zero-order valence-corrected chi connectivity index (χ0v) is 12.9. The first-order valence-electron chi connectivity index (χ1n) is 6.71. The molecule has 2 N–H and O–H groups in total. The summed E-state index contributed by atoms with van der Waals surface area (Å²) in [6.45, 7) is 5.42. The van der Waals surface area contributed by atoms with Crippen molar-refractivity contribution in [3.8, 4) is 0 Å². The van der Waals surface area contributed by atoms with Gasteiger partial charge in [0.2, 0.25) is 10.0 Å². The van der Waals surface area contributed by atoms with Gasteiger partial charge in [0.05, 0.1) is 4.90 Å². The molecule has 0 aromatic heterocycles. The van der Waals surface area contributed by atoms with Crippen LogP contribution in [0.4, 0.5) is 4.39 Å². The van der Waals surface area contributed by atoms with Crippen LogP contribution in [0.3, 0.4) is 0 Å². The molecule has 0 saturated carbocycles. The molecule has 1 heterocycles. The van der Waals surface area contributed by atoms with Gasteiger partial charge in [0.25, 0.3) is 5.91 Å². The summed E-state index contributed by atoms with van der Waals surface area (Å²) >= 11 is 0. The molecule has 5 nitrogen and oxygen atoms in total. The Balaban J connectivity index is 2.26.